The molecule has 4 nitrogen and oxygen atoms in total. The molecule has 0 spiro atoms. The molecule has 4 aliphatic rings. The molecule has 6 atom stereocenters. The summed E-state index contributed by atoms with van der Waals surface area (Å²) in [7, 11) is 0. The number of allylic oxidation sites excluding steroid dienone is 4. The molecule has 0 aromatic carbocycles. The van der Waals surface area contributed by atoms with Crippen LogP contribution in [0.1, 0.15) is 72.1 Å². The second-order valence-corrected chi connectivity index (χ2v) is 9.70. The van der Waals surface area contributed by atoms with Crippen LogP contribution in [-0.4, -0.2) is 23.6 Å². The number of carbonyl (C=O) groups excluding carboxylic acids is 3. The summed E-state index contributed by atoms with van der Waals surface area (Å²) in [6, 6.07) is 0. The topological polar surface area (TPSA) is 60.4 Å². The number of carbonyl (C=O) groups is 3. The zero-order valence-corrected chi connectivity index (χ0v) is 17.3. The Kier molecular flexibility index (Phi) is 4.67. The van der Waals surface area contributed by atoms with Gasteiger partial charge in [0.05, 0.1) is 0 Å². The van der Waals surface area contributed by atoms with Crippen LogP contribution >= 0.6 is 0 Å². The largest absolute Gasteiger partial charge is 0.450 e. The molecule has 0 N–H and O–H groups in total. The van der Waals surface area contributed by atoms with Crippen LogP contribution in [0.4, 0.5) is 0 Å². The van der Waals surface area contributed by atoms with Crippen LogP contribution in [0.25, 0.3) is 0 Å². The highest BCUT2D eigenvalue weighted by Gasteiger charge is 2.68. The quantitative estimate of drug-likeness (QED) is 0.308. The molecule has 0 radical (unpaired) electrons. The lowest BCUT2D eigenvalue weighted by atomic mass is 9.47. The SMILES string of the molecule is CCC(=O)O[C@]1(C(=O)C=O)CC[C@H]2[C@@H]3CCC4=CCC=C[C@]4(C)[C@H]3CC[C@@]21C. The highest BCUT2D eigenvalue weighted by Crippen LogP contribution is 2.67. The minimum atomic E-state index is -1.27. The van der Waals surface area contributed by atoms with E-state index in [1.807, 2.05) is 0 Å². The maximum absolute atomic E-state index is 12.8. The van der Waals surface area contributed by atoms with Gasteiger partial charge in [0.2, 0.25) is 5.78 Å². The lowest BCUT2D eigenvalue weighted by molar-refractivity contribution is -0.188. The van der Waals surface area contributed by atoms with Crippen molar-refractivity contribution < 1.29 is 19.1 Å². The number of fused-ring (bicyclic) bond motifs is 5. The fourth-order valence-electron chi connectivity index (χ4n) is 7.32. The number of hydrogen-bond acceptors (Lipinski definition) is 4. The van der Waals surface area contributed by atoms with Crippen molar-refractivity contribution in [3.05, 3.63) is 23.8 Å². The second-order valence-electron chi connectivity index (χ2n) is 9.70. The van der Waals surface area contributed by atoms with Crippen molar-refractivity contribution in [2.75, 3.05) is 0 Å². The van der Waals surface area contributed by atoms with Gasteiger partial charge in [-0.2, -0.15) is 0 Å². The molecule has 28 heavy (non-hydrogen) atoms. The van der Waals surface area contributed by atoms with E-state index >= 15 is 0 Å². The van der Waals surface area contributed by atoms with Gasteiger partial charge in [-0.25, -0.2) is 0 Å². The Morgan fingerprint density at radius 1 is 1.18 bits per heavy atom. The lowest BCUT2D eigenvalue weighted by Crippen LogP contribution is -2.59. The van der Waals surface area contributed by atoms with E-state index in [-0.39, 0.29) is 17.8 Å². The van der Waals surface area contributed by atoms with Crippen molar-refractivity contribution in [2.45, 2.75) is 77.7 Å². The van der Waals surface area contributed by atoms with Crippen LogP contribution in [0, 0.1) is 28.6 Å². The zero-order valence-electron chi connectivity index (χ0n) is 17.3. The van der Waals surface area contributed by atoms with E-state index in [0.29, 0.717) is 30.5 Å². The highest BCUT2D eigenvalue weighted by molar-refractivity contribution is 6.29. The van der Waals surface area contributed by atoms with E-state index in [2.05, 4.69) is 32.1 Å². The molecule has 0 heterocycles. The average Bonchev–Trinajstić information content (AvgIpc) is 3.00. The van der Waals surface area contributed by atoms with Crippen LogP contribution in [0.5, 0.6) is 0 Å². The minimum Gasteiger partial charge on any atom is -0.450 e. The Hall–Kier alpha value is -1.71. The summed E-state index contributed by atoms with van der Waals surface area (Å²) < 4.78 is 5.84. The van der Waals surface area contributed by atoms with Crippen molar-refractivity contribution in [3.8, 4) is 0 Å². The first kappa shape index (κ1) is 19.6. The lowest BCUT2D eigenvalue weighted by Gasteiger charge is -2.58. The van der Waals surface area contributed by atoms with Crippen LogP contribution in [0.15, 0.2) is 23.8 Å². The molecular weight excluding hydrogens is 352 g/mol. The van der Waals surface area contributed by atoms with E-state index < -0.39 is 16.8 Å². The van der Waals surface area contributed by atoms with E-state index in [4.69, 9.17) is 4.74 Å². The minimum absolute atomic E-state index is 0.114. The predicted molar refractivity (Wildman–Crippen MR) is 106 cm³/mol. The van der Waals surface area contributed by atoms with Crippen molar-refractivity contribution in [1.29, 1.82) is 0 Å². The molecule has 0 aromatic rings. The molecule has 4 aliphatic carbocycles. The molecule has 0 aromatic heterocycles. The van der Waals surface area contributed by atoms with Gasteiger partial charge in [0.1, 0.15) is 0 Å². The van der Waals surface area contributed by atoms with Gasteiger partial charge >= 0.3 is 5.97 Å². The summed E-state index contributed by atoms with van der Waals surface area (Å²) in [6.07, 6.45) is 14.2. The Balaban J connectivity index is 1.71. The third-order valence-electron chi connectivity index (χ3n) is 8.81. The van der Waals surface area contributed by atoms with E-state index in [1.54, 1.807) is 12.5 Å². The van der Waals surface area contributed by atoms with Gasteiger partial charge in [0, 0.05) is 17.3 Å². The average molecular weight is 385 g/mol. The third-order valence-corrected chi connectivity index (χ3v) is 8.81. The fraction of sp³-hybridized carbons (Fsp3) is 0.708. The van der Waals surface area contributed by atoms with Crippen LogP contribution in [-0.2, 0) is 19.1 Å². The first-order valence-corrected chi connectivity index (χ1v) is 10.9. The molecule has 3 fully saturated rings. The smallest absolute Gasteiger partial charge is 0.306 e. The Labute approximate surface area is 167 Å². The number of hydrogen-bond donors (Lipinski definition) is 0. The molecule has 0 bridgehead atoms. The molecular formula is C24H32O4. The Bertz CT molecular complexity index is 765. The molecule has 152 valence electrons. The van der Waals surface area contributed by atoms with Crippen molar-refractivity contribution in [1.82, 2.24) is 0 Å². The first-order valence-electron chi connectivity index (χ1n) is 10.9. The number of aldehydes is 1. The molecule has 3 saturated carbocycles. The Morgan fingerprint density at radius 3 is 2.64 bits per heavy atom. The maximum atomic E-state index is 12.8. The van der Waals surface area contributed by atoms with Gasteiger partial charge in [-0.05, 0) is 62.7 Å². The molecule has 0 aliphatic heterocycles. The summed E-state index contributed by atoms with van der Waals surface area (Å²) >= 11 is 0. The summed E-state index contributed by atoms with van der Waals surface area (Å²) in [5, 5.41) is 0. The fourth-order valence-corrected chi connectivity index (χ4v) is 7.32. The van der Waals surface area contributed by atoms with Gasteiger partial charge < -0.3 is 4.74 Å². The van der Waals surface area contributed by atoms with Gasteiger partial charge in [0.15, 0.2) is 11.9 Å². The van der Waals surface area contributed by atoms with E-state index in [9.17, 15) is 14.4 Å². The van der Waals surface area contributed by atoms with Crippen LogP contribution in [0.2, 0.25) is 0 Å². The summed E-state index contributed by atoms with van der Waals surface area (Å²) in [5.74, 6) is 0.457. The number of Topliss-reactive ketones (excluding diaryl/α,β-unsaturated/α-hetero) is 1. The van der Waals surface area contributed by atoms with Crippen LogP contribution in [0.3, 0.4) is 0 Å². The standard InChI is InChI=1S/C24H32O4/c1-4-21(27)28-24(20(26)15-25)14-11-19-17-9-8-16-7-5-6-12-22(16,2)18(17)10-13-23(19,24)3/h6-7,12,15,17-19H,4-5,8-11,13-14H2,1-3H3/t17-,18+,19+,22+,23+,24+/m1/s1. The molecule has 4 heteroatoms. The van der Waals surface area contributed by atoms with Crippen molar-refractivity contribution >= 4 is 18.0 Å². The maximum Gasteiger partial charge on any atom is 0.306 e. The molecule has 0 unspecified atom stereocenters. The van der Waals surface area contributed by atoms with Gasteiger partial charge in [-0.1, -0.05) is 44.6 Å². The predicted octanol–water partition coefficient (Wildman–Crippen LogP) is 4.58. The highest BCUT2D eigenvalue weighted by atomic mass is 16.6. The van der Waals surface area contributed by atoms with E-state index in [1.165, 1.54) is 0 Å². The van der Waals surface area contributed by atoms with Crippen molar-refractivity contribution in [2.24, 2.45) is 28.6 Å². The number of ether oxygens (including phenoxy) is 1. The van der Waals surface area contributed by atoms with Crippen molar-refractivity contribution in [3.63, 3.8) is 0 Å². The molecule has 0 amide bonds. The summed E-state index contributed by atoms with van der Waals surface area (Å²) in [6.45, 7) is 6.22. The number of esters is 1. The van der Waals surface area contributed by atoms with Gasteiger partial charge in [-0.3, -0.25) is 14.4 Å². The molecule has 0 saturated heterocycles. The second kappa shape index (κ2) is 6.67. The van der Waals surface area contributed by atoms with Gasteiger partial charge in [-0.15, -0.1) is 0 Å². The number of rotatable bonds is 4. The normalized spacial score (nSPS) is 44.0. The van der Waals surface area contributed by atoms with Gasteiger partial charge in [0.25, 0.3) is 0 Å². The van der Waals surface area contributed by atoms with E-state index in [0.717, 1.165) is 38.5 Å². The summed E-state index contributed by atoms with van der Waals surface area (Å²) in [5.41, 5.74) is -0.0303. The monoisotopic (exact) mass is 384 g/mol. The first-order chi connectivity index (χ1) is 13.3. The van der Waals surface area contributed by atoms with Crippen LogP contribution < -0.4 is 0 Å². The molecule has 4 rings (SSSR count). The zero-order chi connectivity index (χ0) is 20.2. The summed E-state index contributed by atoms with van der Waals surface area (Å²) in [4.78, 5) is 36.6. The third kappa shape index (κ3) is 2.45. The Morgan fingerprint density at radius 2 is 1.93 bits per heavy atom. The number of ketones is 1.